The van der Waals surface area contributed by atoms with Crippen molar-refractivity contribution in [3.05, 3.63) is 11.8 Å². The van der Waals surface area contributed by atoms with Gasteiger partial charge >= 0.3 is 11.8 Å². The summed E-state index contributed by atoms with van der Waals surface area (Å²) in [4.78, 5) is 14.1. The second-order valence-electron chi connectivity index (χ2n) is 4.85. The molecule has 6 nitrogen and oxygen atoms in total. The largest absolute Gasteiger partial charge is 0.414 e. The molecule has 1 saturated heterocycles. The predicted octanol–water partition coefficient (Wildman–Crippen LogP) is 2.01. The Balaban J connectivity index is 1.98. The number of ether oxygens (including phenoxy) is 1. The lowest BCUT2D eigenvalue weighted by atomic mass is 10.1. The van der Waals surface area contributed by atoms with Crippen LogP contribution in [0.5, 0.6) is 0 Å². The van der Waals surface area contributed by atoms with Gasteiger partial charge in [-0.25, -0.2) is 0 Å². The molecule has 1 fully saturated rings. The lowest BCUT2D eigenvalue weighted by molar-refractivity contribution is 0.0705. The fourth-order valence-corrected chi connectivity index (χ4v) is 2.28. The number of amides is 1. The second-order valence-corrected chi connectivity index (χ2v) is 4.85. The fourth-order valence-electron chi connectivity index (χ4n) is 2.28. The first kappa shape index (κ1) is 14.0. The van der Waals surface area contributed by atoms with Crippen LogP contribution in [0, 0.1) is 0 Å². The van der Waals surface area contributed by atoms with Gasteiger partial charge in [-0.1, -0.05) is 25.7 Å². The molecule has 0 N–H and O–H groups in total. The smallest absolute Gasteiger partial charge is 0.311 e. The summed E-state index contributed by atoms with van der Waals surface area (Å²) in [7, 11) is 1.55. The SMILES string of the molecule is COCc1nnc(C(=O)N2CCCCCCCC2)o1. The molecule has 2 heterocycles. The topological polar surface area (TPSA) is 68.5 Å². The summed E-state index contributed by atoms with van der Waals surface area (Å²) in [6, 6.07) is 0. The second kappa shape index (κ2) is 7.23. The summed E-state index contributed by atoms with van der Waals surface area (Å²) in [5.74, 6) is 0.262. The molecule has 0 radical (unpaired) electrons. The molecule has 0 saturated carbocycles. The van der Waals surface area contributed by atoms with Crippen LogP contribution >= 0.6 is 0 Å². The van der Waals surface area contributed by atoms with Gasteiger partial charge in [0.1, 0.15) is 6.61 Å². The van der Waals surface area contributed by atoms with Crippen molar-refractivity contribution in [2.45, 2.75) is 45.1 Å². The van der Waals surface area contributed by atoms with Gasteiger partial charge < -0.3 is 14.1 Å². The summed E-state index contributed by atoms with van der Waals surface area (Å²) in [6.45, 7) is 1.79. The zero-order valence-electron chi connectivity index (χ0n) is 11.4. The minimum absolute atomic E-state index is 0.0753. The summed E-state index contributed by atoms with van der Waals surface area (Å²) in [5.41, 5.74) is 0. The maximum atomic E-state index is 12.3. The highest BCUT2D eigenvalue weighted by Gasteiger charge is 2.21. The van der Waals surface area contributed by atoms with Crippen molar-refractivity contribution in [3.8, 4) is 0 Å². The third kappa shape index (κ3) is 4.02. The highest BCUT2D eigenvalue weighted by molar-refractivity contribution is 5.89. The molecular weight excluding hydrogens is 246 g/mol. The van der Waals surface area contributed by atoms with Crippen molar-refractivity contribution < 1.29 is 13.9 Å². The highest BCUT2D eigenvalue weighted by Crippen LogP contribution is 2.13. The first-order valence-corrected chi connectivity index (χ1v) is 6.92. The van der Waals surface area contributed by atoms with Gasteiger partial charge in [0.25, 0.3) is 0 Å². The zero-order chi connectivity index (χ0) is 13.5. The number of carbonyl (C=O) groups is 1. The summed E-state index contributed by atoms with van der Waals surface area (Å²) >= 11 is 0. The van der Waals surface area contributed by atoms with E-state index in [4.69, 9.17) is 9.15 Å². The molecule has 0 aliphatic carbocycles. The van der Waals surface area contributed by atoms with E-state index in [1.54, 1.807) is 7.11 Å². The van der Waals surface area contributed by atoms with Crippen molar-refractivity contribution in [1.29, 1.82) is 0 Å². The standard InChI is InChI=1S/C13H21N3O3/c1-18-10-11-14-15-12(19-11)13(17)16-8-6-4-2-3-5-7-9-16/h2-10H2,1H3. The van der Waals surface area contributed by atoms with Gasteiger partial charge in [-0.2, -0.15) is 0 Å². The average molecular weight is 267 g/mol. The number of rotatable bonds is 3. The lowest BCUT2D eigenvalue weighted by Gasteiger charge is -2.19. The Morgan fingerprint density at radius 3 is 2.42 bits per heavy atom. The van der Waals surface area contributed by atoms with Crippen molar-refractivity contribution in [3.63, 3.8) is 0 Å². The third-order valence-electron chi connectivity index (χ3n) is 3.31. The quantitative estimate of drug-likeness (QED) is 0.838. The monoisotopic (exact) mass is 267 g/mol. The molecule has 106 valence electrons. The average Bonchev–Trinajstić information content (AvgIpc) is 2.91. The minimum Gasteiger partial charge on any atom is -0.414 e. The molecular formula is C13H21N3O3. The summed E-state index contributed by atoms with van der Waals surface area (Å²) < 4.78 is 10.2. The van der Waals surface area contributed by atoms with Crippen LogP contribution in [0.25, 0.3) is 0 Å². The van der Waals surface area contributed by atoms with Crippen LogP contribution in [0.15, 0.2) is 4.42 Å². The normalized spacial score (nSPS) is 17.6. The van der Waals surface area contributed by atoms with Crippen LogP contribution < -0.4 is 0 Å². The number of nitrogens with zero attached hydrogens (tertiary/aromatic N) is 3. The summed E-state index contributed by atoms with van der Waals surface area (Å²) in [6.07, 6.45) is 6.99. The van der Waals surface area contributed by atoms with Crippen molar-refractivity contribution >= 4 is 5.91 Å². The Bertz CT molecular complexity index is 396. The van der Waals surface area contributed by atoms with E-state index in [9.17, 15) is 4.79 Å². The maximum absolute atomic E-state index is 12.3. The Morgan fingerprint density at radius 2 is 1.79 bits per heavy atom. The molecule has 1 aliphatic rings. The molecule has 6 heteroatoms. The van der Waals surface area contributed by atoms with Crippen molar-refractivity contribution in [2.75, 3.05) is 20.2 Å². The Hall–Kier alpha value is -1.43. The van der Waals surface area contributed by atoms with E-state index in [-0.39, 0.29) is 18.4 Å². The van der Waals surface area contributed by atoms with E-state index in [0.717, 1.165) is 25.9 Å². The molecule has 1 aliphatic heterocycles. The van der Waals surface area contributed by atoms with Crippen LogP contribution in [0.1, 0.15) is 55.1 Å². The van der Waals surface area contributed by atoms with E-state index in [1.807, 2.05) is 4.90 Å². The first-order valence-electron chi connectivity index (χ1n) is 6.92. The number of aromatic nitrogens is 2. The van der Waals surface area contributed by atoms with Crippen LogP contribution in [-0.4, -0.2) is 41.2 Å². The van der Waals surface area contributed by atoms with Gasteiger partial charge in [0.2, 0.25) is 5.89 Å². The van der Waals surface area contributed by atoms with Gasteiger partial charge in [-0.05, 0) is 12.8 Å². The van der Waals surface area contributed by atoms with Gasteiger partial charge in [-0.15, -0.1) is 10.2 Å². The van der Waals surface area contributed by atoms with Crippen molar-refractivity contribution in [2.24, 2.45) is 0 Å². The van der Waals surface area contributed by atoms with E-state index in [1.165, 1.54) is 25.7 Å². The van der Waals surface area contributed by atoms with Gasteiger partial charge in [0.15, 0.2) is 0 Å². The fraction of sp³-hybridized carbons (Fsp3) is 0.769. The third-order valence-corrected chi connectivity index (χ3v) is 3.31. The number of carbonyl (C=O) groups excluding carboxylic acids is 1. The maximum Gasteiger partial charge on any atom is 0.311 e. The molecule has 1 amide bonds. The first-order chi connectivity index (χ1) is 9.31. The highest BCUT2D eigenvalue weighted by atomic mass is 16.5. The van der Waals surface area contributed by atoms with E-state index < -0.39 is 0 Å². The Kier molecular flexibility index (Phi) is 5.32. The van der Waals surface area contributed by atoms with E-state index >= 15 is 0 Å². The number of methoxy groups -OCH3 is 1. The molecule has 0 bridgehead atoms. The molecule has 0 spiro atoms. The number of hydrogen-bond acceptors (Lipinski definition) is 5. The molecule has 0 unspecified atom stereocenters. The molecule has 2 rings (SSSR count). The van der Waals surface area contributed by atoms with E-state index in [2.05, 4.69) is 10.2 Å². The van der Waals surface area contributed by atoms with Crippen LogP contribution in [0.4, 0.5) is 0 Å². The van der Waals surface area contributed by atoms with Crippen LogP contribution in [-0.2, 0) is 11.3 Å². The minimum atomic E-state index is -0.156. The van der Waals surface area contributed by atoms with Crippen LogP contribution in [0.2, 0.25) is 0 Å². The zero-order valence-corrected chi connectivity index (χ0v) is 11.4. The summed E-state index contributed by atoms with van der Waals surface area (Å²) in [5, 5.41) is 7.59. The van der Waals surface area contributed by atoms with Gasteiger partial charge in [-0.3, -0.25) is 4.79 Å². The molecule has 19 heavy (non-hydrogen) atoms. The molecule has 0 atom stereocenters. The molecule has 1 aromatic heterocycles. The predicted molar refractivity (Wildman–Crippen MR) is 68.6 cm³/mol. The molecule has 0 aromatic carbocycles. The molecule has 1 aromatic rings. The van der Waals surface area contributed by atoms with Gasteiger partial charge in [0, 0.05) is 20.2 Å². The van der Waals surface area contributed by atoms with Crippen molar-refractivity contribution in [1.82, 2.24) is 15.1 Å². The van der Waals surface area contributed by atoms with E-state index in [0.29, 0.717) is 5.89 Å². The number of hydrogen-bond donors (Lipinski definition) is 0. The lowest BCUT2D eigenvalue weighted by Crippen LogP contribution is -2.33. The van der Waals surface area contributed by atoms with Gasteiger partial charge in [0.05, 0.1) is 0 Å². The van der Waals surface area contributed by atoms with Crippen LogP contribution in [0.3, 0.4) is 0 Å². The Labute approximate surface area is 113 Å². The Morgan fingerprint density at radius 1 is 1.16 bits per heavy atom.